The first-order valence-corrected chi connectivity index (χ1v) is 8.35. The normalized spacial score (nSPS) is 22.3. The van der Waals surface area contributed by atoms with Crippen molar-refractivity contribution >= 4 is 5.95 Å². The number of ether oxygens (including phenoxy) is 1. The number of anilines is 1. The van der Waals surface area contributed by atoms with Gasteiger partial charge in [0.05, 0.1) is 6.10 Å². The molecule has 2 rings (SSSR count). The zero-order valence-electron chi connectivity index (χ0n) is 13.9. The number of hydrogen-bond acceptors (Lipinski definition) is 4. The van der Waals surface area contributed by atoms with E-state index in [0.717, 1.165) is 11.6 Å². The molecule has 118 valence electrons. The summed E-state index contributed by atoms with van der Waals surface area (Å²) in [5, 5.41) is 3.50. The number of nitrogens with zero attached hydrogens (tertiary/aromatic N) is 2. The average Bonchev–Trinajstić information content (AvgIpc) is 2.40. The van der Waals surface area contributed by atoms with Gasteiger partial charge in [0.1, 0.15) is 0 Å². The van der Waals surface area contributed by atoms with Gasteiger partial charge in [-0.15, -0.1) is 0 Å². The van der Waals surface area contributed by atoms with Gasteiger partial charge < -0.3 is 10.1 Å². The van der Waals surface area contributed by atoms with Gasteiger partial charge in [0.15, 0.2) is 0 Å². The van der Waals surface area contributed by atoms with E-state index >= 15 is 0 Å². The van der Waals surface area contributed by atoms with Gasteiger partial charge in [-0.2, -0.15) is 4.98 Å². The minimum absolute atomic E-state index is 0.136. The molecule has 1 heterocycles. The smallest absolute Gasteiger partial charge is 0.226 e. The van der Waals surface area contributed by atoms with Crippen LogP contribution in [0.5, 0.6) is 5.88 Å². The van der Waals surface area contributed by atoms with Crippen molar-refractivity contribution in [2.75, 3.05) is 5.32 Å². The van der Waals surface area contributed by atoms with Crippen LogP contribution in [0.3, 0.4) is 0 Å². The molecule has 0 saturated heterocycles. The molecule has 0 amide bonds. The molecule has 0 aliphatic heterocycles. The molecule has 1 aromatic rings. The highest BCUT2D eigenvalue weighted by Crippen LogP contribution is 2.29. The second kappa shape index (κ2) is 7.62. The maximum atomic E-state index is 5.68. The fraction of sp³-hybridized carbons (Fsp3) is 0.765. The Kier molecular flexibility index (Phi) is 5.83. The Morgan fingerprint density at radius 3 is 2.57 bits per heavy atom. The summed E-state index contributed by atoms with van der Waals surface area (Å²) in [6, 6.07) is 2.40. The molecule has 1 fully saturated rings. The topological polar surface area (TPSA) is 47.0 Å². The first-order chi connectivity index (χ1) is 10.1. The Hall–Kier alpha value is -1.32. The van der Waals surface area contributed by atoms with Crippen molar-refractivity contribution in [2.24, 2.45) is 5.92 Å². The van der Waals surface area contributed by atoms with Crippen molar-refractivity contribution < 1.29 is 4.74 Å². The third-order valence-electron chi connectivity index (χ3n) is 4.06. The lowest BCUT2D eigenvalue weighted by molar-refractivity contribution is 0.232. The van der Waals surface area contributed by atoms with Crippen LogP contribution >= 0.6 is 0 Å². The summed E-state index contributed by atoms with van der Waals surface area (Å²) in [7, 11) is 0. The third kappa shape index (κ3) is 5.18. The number of nitrogens with one attached hydrogen (secondary N) is 1. The maximum absolute atomic E-state index is 5.68. The second-order valence-corrected chi connectivity index (χ2v) is 6.49. The molecule has 0 unspecified atom stereocenters. The third-order valence-corrected chi connectivity index (χ3v) is 4.06. The molecule has 21 heavy (non-hydrogen) atoms. The molecule has 0 radical (unpaired) electrons. The van der Waals surface area contributed by atoms with Crippen LogP contribution in [0.2, 0.25) is 0 Å². The second-order valence-electron chi connectivity index (χ2n) is 6.49. The maximum Gasteiger partial charge on any atom is 0.226 e. The van der Waals surface area contributed by atoms with Crippen molar-refractivity contribution in [3.8, 4) is 5.88 Å². The number of aryl methyl sites for hydroxylation is 1. The van der Waals surface area contributed by atoms with E-state index in [1.807, 2.05) is 26.8 Å². The van der Waals surface area contributed by atoms with Crippen molar-refractivity contribution in [3.05, 3.63) is 11.8 Å². The van der Waals surface area contributed by atoms with Crippen LogP contribution in [0, 0.1) is 12.8 Å². The molecule has 4 nitrogen and oxygen atoms in total. The highest BCUT2D eigenvalue weighted by molar-refractivity contribution is 5.32. The lowest BCUT2D eigenvalue weighted by Crippen LogP contribution is -2.27. The zero-order valence-corrected chi connectivity index (χ0v) is 13.9. The van der Waals surface area contributed by atoms with Crippen molar-refractivity contribution in [3.63, 3.8) is 0 Å². The molecule has 0 spiro atoms. The highest BCUT2D eigenvalue weighted by atomic mass is 16.5. The molecule has 1 aromatic heterocycles. The van der Waals surface area contributed by atoms with Crippen molar-refractivity contribution in [1.82, 2.24) is 9.97 Å². The van der Waals surface area contributed by atoms with Crippen LogP contribution in [0.1, 0.15) is 65.0 Å². The number of aromatic nitrogens is 2. The van der Waals surface area contributed by atoms with Gasteiger partial charge in [-0.1, -0.05) is 19.8 Å². The predicted octanol–water partition coefficient (Wildman–Crippen LogP) is 4.34. The van der Waals surface area contributed by atoms with E-state index < -0.39 is 0 Å². The van der Waals surface area contributed by atoms with E-state index in [0.29, 0.717) is 17.9 Å². The molecule has 0 bridgehead atoms. The molecule has 4 heteroatoms. The van der Waals surface area contributed by atoms with E-state index in [-0.39, 0.29) is 6.10 Å². The summed E-state index contributed by atoms with van der Waals surface area (Å²) in [6.07, 6.45) is 7.92. The van der Waals surface area contributed by atoms with Crippen molar-refractivity contribution in [2.45, 2.75) is 78.4 Å². The largest absolute Gasteiger partial charge is 0.475 e. The summed E-state index contributed by atoms with van der Waals surface area (Å²) in [5.74, 6) is 2.30. The Morgan fingerprint density at radius 2 is 1.95 bits per heavy atom. The molecular weight excluding hydrogens is 262 g/mol. The van der Waals surface area contributed by atoms with Crippen LogP contribution in [-0.2, 0) is 0 Å². The summed E-state index contributed by atoms with van der Waals surface area (Å²) < 4.78 is 5.68. The van der Waals surface area contributed by atoms with Crippen LogP contribution in [0.25, 0.3) is 0 Å². The molecule has 0 aromatic carbocycles. The van der Waals surface area contributed by atoms with Gasteiger partial charge in [-0.3, -0.25) is 0 Å². The number of rotatable bonds is 6. The lowest BCUT2D eigenvalue weighted by atomic mass is 9.83. The molecule has 0 atom stereocenters. The van der Waals surface area contributed by atoms with Crippen LogP contribution in [0.4, 0.5) is 5.95 Å². The first kappa shape index (κ1) is 16.1. The minimum Gasteiger partial charge on any atom is -0.475 e. The summed E-state index contributed by atoms with van der Waals surface area (Å²) >= 11 is 0. The van der Waals surface area contributed by atoms with Gasteiger partial charge in [0.25, 0.3) is 0 Å². The van der Waals surface area contributed by atoms with E-state index in [1.165, 1.54) is 38.5 Å². The van der Waals surface area contributed by atoms with Gasteiger partial charge in [-0.25, -0.2) is 4.98 Å². The highest BCUT2D eigenvalue weighted by Gasteiger charge is 2.21. The van der Waals surface area contributed by atoms with E-state index in [2.05, 4.69) is 22.2 Å². The van der Waals surface area contributed by atoms with Gasteiger partial charge in [0.2, 0.25) is 11.8 Å². The first-order valence-electron chi connectivity index (χ1n) is 8.35. The van der Waals surface area contributed by atoms with Gasteiger partial charge in [-0.05, 0) is 52.4 Å². The monoisotopic (exact) mass is 291 g/mol. The summed E-state index contributed by atoms with van der Waals surface area (Å²) in [5.41, 5.74) is 0.947. The quantitative estimate of drug-likeness (QED) is 0.846. The van der Waals surface area contributed by atoms with Crippen LogP contribution in [0.15, 0.2) is 6.07 Å². The van der Waals surface area contributed by atoms with Crippen LogP contribution in [-0.4, -0.2) is 22.1 Å². The number of hydrogen-bond donors (Lipinski definition) is 1. The van der Waals surface area contributed by atoms with Gasteiger partial charge >= 0.3 is 0 Å². The van der Waals surface area contributed by atoms with Crippen molar-refractivity contribution in [1.29, 1.82) is 0 Å². The summed E-state index contributed by atoms with van der Waals surface area (Å²) in [6.45, 7) is 8.29. The average molecular weight is 291 g/mol. The molecular formula is C17H29N3O. The SMILES string of the molecule is CCCC1CCC(Nc2nc(C)cc(OC(C)C)n2)CC1. The Morgan fingerprint density at radius 1 is 1.24 bits per heavy atom. The van der Waals surface area contributed by atoms with E-state index in [4.69, 9.17) is 4.74 Å². The summed E-state index contributed by atoms with van der Waals surface area (Å²) in [4.78, 5) is 8.97. The minimum atomic E-state index is 0.136. The van der Waals surface area contributed by atoms with Gasteiger partial charge in [0, 0.05) is 17.8 Å². The Bertz CT molecular complexity index is 440. The van der Waals surface area contributed by atoms with E-state index in [9.17, 15) is 0 Å². The lowest BCUT2D eigenvalue weighted by Gasteiger charge is -2.29. The predicted molar refractivity (Wildman–Crippen MR) is 86.8 cm³/mol. The van der Waals surface area contributed by atoms with E-state index in [1.54, 1.807) is 0 Å². The Labute approximate surface area is 128 Å². The molecule has 1 aliphatic rings. The fourth-order valence-electron chi connectivity index (χ4n) is 3.09. The standard InChI is InChI=1S/C17H29N3O/c1-5-6-14-7-9-15(10-8-14)19-17-18-13(4)11-16(20-17)21-12(2)3/h11-12,14-15H,5-10H2,1-4H3,(H,18,19,20). The molecule has 1 saturated carbocycles. The Balaban J connectivity index is 1.92. The molecule has 1 N–H and O–H groups in total. The fourth-order valence-corrected chi connectivity index (χ4v) is 3.09. The van der Waals surface area contributed by atoms with Crippen LogP contribution < -0.4 is 10.1 Å². The zero-order chi connectivity index (χ0) is 15.2. The molecule has 1 aliphatic carbocycles.